The Morgan fingerprint density at radius 3 is 2.63 bits per heavy atom. The predicted molar refractivity (Wildman–Crippen MR) is 77.2 cm³/mol. The van der Waals surface area contributed by atoms with Gasteiger partial charge in [0.1, 0.15) is 10.7 Å². The zero-order valence-electron chi connectivity index (χ0n) is 11.8. The number of nitrogen functional groups attached to an aromatic ring is 1. The molecule has 0 aliphatic rings. The average molecular weight is 285 g/mol. The third-order valence-electron chi connectivity index (χ3n) is 3.20. The molecule has 0 saturated carbocycles. The van der Waals surface area contributed by atoms with Gasteiger partial charge in [-0.3, -0.25) is 0 Å². The molecule has 19 heavy (non-hydrogen) atoms. The lowest BCUT2D eigenvalue weighted by atomic mass is 10.2. The first-order chi connectivity index (χ1) is 8.95. The number of hydrogen-bond donors (Lipinski definition) is 1. The molecule has 2 N–H and O–H groups in total. The van der Waals surface area contributed by atoms with Crippen molar-refractivity contribution < 1.29 is 8.42 Å². The van der Waals surface area contributed by atoms with Crippen LogP contribution < -0.4 is 5.73 Å². The largest absolute Gasteiger partial charge is 0.383 e. The molecular formula is C13H23N3O2S. The highest BCUT2D eigenvalue weighted by Gasteiger charge is 2.29. The maximum absolute atomic E-state index is 12.7. The summed E-state index contributed by atoms with van der Waals surface area (Å²) in [4.78, 5) is 3.97. The van der Waals surface area contributed by atoms with Gasteiger partial charge in [-0.25, -0.2) is 13.4 Å². The highest BCUT2D eigenvalue weighted by Crippen LogP contribution is 2.23. The fraction of sp³-hybridized carbons (Fsp3) is 0.615. The topological polar surface area (TPSA) is 76.3 Å². The van der Waals surface area contributed by atoms with Crippen LogP contribution in [0.4, 0.5) is 5.82 Å². The monoisotopic (exact) mass is 285 g/mol. The van der Waals surface area contributed by atoms with Crippen molar-refractivity contribution in [3.05, 3.63) is 18.3 Å². The molecule has 1 aromatic rings. The van der Waals surface area contributed by atoms with E-state index in [0.717, 1.165) is 19.3 Å². The summed E-state index contributed by atoms with van der Waals surface area (Å²) in [7, 11) is -3.57. The van der Waals surface area contributed by atoms with Crippen molar-refractivity contribution in [3.8, 4) is 0 Å². The molecule has 0 aliphatic carbocycles. The maximum Gasteiger partial charge on any atom is 0.246 e. The Labute approximate surface area is 115 Å². The van der Waals surface area contributed by atoms with Crippen molar-refractivity contribution in [2.45, 2.75) is 51.0 Å². The van der Waals surface area contributed by atoms with Crippen LogP contribution >= 0.6 is 0 Å². The van der Waals surface area contributed by atoms with Crippen LogP contribution in [0.1, 0.15) is 40.0 Å². The van der Waals surface area contributed by atoms with E-state index in [1.807, 2.05) is 20.8 Å². The smallest absolute Gasteiger partial charge is 0.246 e. The van der Waals surface area contributed by atoms with Gasteiger partial charge in [0.25, 0.3) is 0 Å². The summed E-state index contributed by atoms with van der Waals surface area (Å²) in [6.45, 7) is 6.45. The third-order valence-corrected chi connectivity index (χ3v) is 5.26. The van der Waals surface area contributed by atoms with Crippen molar-refractivity contribution >= 4 is 15.8 Å². The summed E-state index contributed by atoms with van der Waals surface area (Å²) in [5.41, 5.74) is 5.70. The molecule has 108 valence electrons. The van der Waals surface area contributed by atoms with Gasteiger partial charge >= 0.3 is 0 Å². The Balaban J connectivity index is 3.16. The Morgan fingerprint density at radius 1 is 1.42 bits per heavy atom. The molecule has 0 radical (unpaired) electrons. The molecule has 0 fully saturated rings. The lowest BCUT2D eigenvalue weighted by molar-refractivity contribution is 0.324. The second-order valence-electron chi connectivity index (χ2n) is 4.61. The van der Waals surface area contributed by atoms with Gasteiger partial charge in [-0.05, 0) is 31.9 Å². The molecule has 1 rings (SSSR count). The standard InChI is InChI=1S/C13H23N3O2S/c1-4-6-10-16(11(3)5-2)19(17,18)12-8-7-9-15-13(12)14/h7-9,11H,4-6,10H2,1-3H3,(H2,14,15). The lowest BCUT2D eigenvalue weighted by Gasteiger charge is -2.27. The highest BCUT2D eigenvalue weighted by molar-refractivity contribution is 7.89. The number of anilines is 1. The first kappa shape index (κ1) is 15.9. The summed E-state index contributed by atoms with van der Waals surface area (Å²) >= 11 is 0. The first-order valence-corrected chi connectivity index (χ1v) is 8.11. The van der Waals surface area contributed by atoms with Crippen LogP contribution in [0.5, 0.6) is 0 Å². The van der Waals surface area contributed by atoms with Crippen molar-refractivity contribution in [2.24, 2.45) is 0 Å². The summed E-state index contributed by atoms with van der Waals surface area (Å²) in [6.07, 6.45) is 4.05. The van der Waals surface area contributed by atoms with E-state index >= 15 is 0 Å². The molecule has 6 heteroatoms. The van der Waals surface area contributed by atoms with Crippen molar-refractivity contribution in [3.63, 3.8) is 0 Å². The molecule has 0 aromatic carbocycles. The van der Waals surface area contributed by atoms with E-state index in [2.05, 4.69) is 4.98 Å². The molecular weight excluding hydrogens is 262 g/mol. The number of nitrogens with two attached hydrogens (primary N) is 1. The van der Waals surface area contributed by atoms with Gasteiger partial charge in [-0.2, -0.15) is 4.31 Å². The van der Waals surface area contributed by atoms with Crippen LogP contribution in [0.3, 0.4) is 0 Å². The molecule has 1 aromatic heterocycles. The van der Waals surface area contributed by atoms with Crippen LogP contribution in [0.2, 0.25) is 0 Å². The lowest BCUT2D eigenvalue weighted by Crippen LogP contribution is -2.39. The fourth-order valence-electron chi connectivity index (χ4n) is 1.84. The van der Waals surface area contributed by atoms with E-state index in [4.69, 9.17) is 5.73 Å². The molecule has 0 bridgehead atoms. The molecule has 0 spiro atoms. The number of pyridine rings is 1. The molecule has 0 aliphatic heterocycles. The number of hydrogen-bond acceptors (Lipinski definition) is 4. The van der Waals surface area contributed by atoms with Gasteiger partial charge in [0.05, 0.1) is 0 Å². The molecule has 5 nitrogen and oxygen atoms in total. The van der Waals surface area contributed by atoms with Gasteiger partial charge in [0, 0.05) is 18.8 Å². The predicted octanol–water partition coefficient (Wildman–Crippen LogP) is 2.25. The summed E-state index contributed by atoms with van der Waals surface area (Å²) in [5.74, 6) is 0.0623. The van der Waals surface area contributed by atoms with Crippen molar-refractivity contribution in [2.75, 3.05) is 12.3 Å². The van der Waals surface area contributed by atoms with E-state index in [1.165, 1.54) is 16.6 Å². The quantitative estimate of drug-likeness (QED) is 0.833. The van der Waals surface area contributed by atoms with Gasteiger partial charge in [0.2, 0.25) is 10.0 Å². The Bertz CT molecular complexity index is 502. The SMILES string of the molecule is CCCCN(C(C)CC)S(=O)(=O)c1cccnc1N. The zero-order chi connectivity index (χ0) is 14.5. The van der Waals surface area contributed by atoms with E-state index in [0.29, 0.717) is 6.54 Å². The van der Waals surface area contributed by atoms with Gasteiger partial charge in [0.15, 0.2) is 0 Å². The van der Waals surface area contributed by atoms with Crippen molar-refractivity contribution in [1.82, 2.24) is 9.29 Å². The van der Waals surface area contributed by atoms with Gasteiger partial charge < -0.3 is 5.73 Å². The summed E-state index contributed by atoms with van der Waals surface area (Å²) < 4.78 is 26.9. The summed E-state index contributed by atoms with van der Waals surface area (Å²) in [5, 5.41) is 0. The number of sulfonamides is 1. The number of unbranched alkanes of at least 4 members (excludes halogenated alkanes) is 1. The molecule has 0 amide bonds. The van der Waals surface area contributed by atoms with Crippen LogP contribution in [0.25, 0.3) is 0 Å². The minimum Gasteiger partial charge on any atom is -0.383 e. The first-order valence-electron chi connectivity index (χ1n) is 6.67. The molecule has 1 heterocycles. The maximum atomic E-state index is 12.7. The van der Waals surface area contributed by atoms with Crippen LogP contribution in [-0.4, -0.2) is 30.3 Å². The average Bonchev–Trinajstić information content (AvgIpc) is 2.38. The van der Waals surface area contributed by atoms with Crippen LogP contribution in [-0.2, 0) is 10.0 Å². The Morgan fingerprint density at radius 2 is 2.11 bits per heavy atom. The van der Waals surface area contributed by atoms with Crippen LogP contribution in [0.15, 0.2) is 23.2 Å². The highest BCUT2D eigenvalue weighted by atomic mass is 32.2. The van der Waals surface area contributed by atoms with E-state index in [-0.39, 0.29) is 16.8 Å². The van der Waals surface area contributed by atoms with Crippen molar-refractivity contribution in [1.29, 1.82) is 0 Å². The fourth-order valence-corrected chi connectivity index (χ4v) is 3.65. The van der Waals surface area contributed by atoms with E-state index < -0.39 is 10.0 Å². The van der Waals surface area contributed by atoms with Gasteiger partial charge in [-0.15, -0.1) is 0 Å². The Hall–Kier alpha value is -1.14. The number of rotatable bonds is 7. The third kappa shape index (κ3) is 3.67. The van der Waals surface area contributed by atoms with E-state index in [9.17, 15) is 8.42 Å². The molecule has 0 saturated heterocycles. The summed E-state index contributed by atoms with van der Waals surface area (Å²) in [6, 6.07) is 3.06. The van der Waals surface area contributed by atoms with E-state index in [1.54, 1.807) is 6.07 Å². The minimum absolute atomic E-state index is 0.0452. The second-order valence-corrected chi connectivity index (χ2v) is 6.47. The Kier molecular flexibility index (Phi) is 5.75. The zero-order valence-corrected chi connectivity index (χ0v) is 12.7. The minimum atomic E-state index is -3.57. The molecule has 1 unspecified atom stereocenters. The number of nitrogens with zero attached hydrogens (tertiary/aromatic N) is 2. The van der Waals surface area contributed by atoms with Gasteiger partial charge in [-0.1, -0.05) is 20.3 Å². The normalized spacial score (nSPS) is 13.7. The van der Waals surface area contributed by atoms with Crippen LogP contribution in [0, 0.1) is 0 Å². The second kappa shape index (κ2) is 6.86. The number of aromatic nitrogens is 1. The molecule has 1 atom stereocenters.